The maximum atomic E-state index is 13.2. The molecule has 0 fully saturated rings. The summed E-state index contributed by atoms with van der Waals surface area (Å²) in [6.07, 6.45) is -1.36. The van der Waals surface area contributed by atoms with Crippen molar-refractivity contribution in [2.45, 2.75) is 18.0 Å². The third kappa shape index (κ3) is 6.95. The summed E-state index contributed by atoms with van der Waals surface area (Å²) in [5.41, 5.74) is -0.478. The predicted molar refractivity (Wildman–Crippen MR) is 126 cm³/mol. The number of carbonyl (C=O) groups excluding carboxylic acids is 1. The first-order chi connectivity index (χ1) is 16.9. The molecule has 0 radical (unpaired) electrons. The van der Waals surface area contributed by atoms with Gasteiger partial charge in [-0.1, -0.05) is 11.6 Å². The normalized spacial score (nSPS) is 11.9. The summed E-state index contributed by atoms with van der Waals surface area (Å²) < 4.78 is 85.2. The van der Waals surface area contributed by atoms with Crippen molar-refractivity contribution < 1.29 is 35.5 Å². The van der Waals surface area contributed by atoms with E-state index in [4.69, 9.17) is 16.3 Å². The Morgan fingerprint density at radius 1 is 1.14 bits per heavy atom. The Morgan fingerprint density at radius 3 is 2.47 bits per heavy atom. The molecule has 2 aromatic carbocycles. The number of aromatic nitrogens is 1. The molecule has 3 rings (SSSR count). The first-order valence-corrected chi connectivity index (χ1v) is 11.9. The molecule has 1 heterocycles. The van der Waals surface area contributed by atoms with Crippen LogP contribution in [0.25, 0.3) is 0 Å². The Balaban J connectivity index is 1.84. The van der Waals surface area contributed by atoms with Crippen molar-refractivity contribution in [1.29, 1.82) is 0 Å². The summed E-state index contributed by atoms with van der Waals surface area (Å²) in [5.74, 6) is -0.485. The van der Waals surface area contributed by atoms with E-state index >= 15 is 0 Å². The lowest BCUT2D eigenvalue weighted by Gasteiger charge is -2.15. The fourth-order valence-corrected chi connectivity index (χ4v) is 4.16. The van der Waals surface area contributed by atoms with Crippen LogP contribution in [0.2, 0.25) is 5.02 Å². The van der Waals surface area contributed by atoms with Crippen molar-refractivity contribution in [3.05, 3.63) is 83.0 Å². The van der Waals surface area contributed by atoms with Gasteiger partial charge in [0.2, 0.25) is 11.8 Å². The van der Waals surface area contributed by atoms with Crippen molar-refractivity contribution in [3.63, 3.8) is 0 Å². The Bertz CT molecular complexity index is 1400. The second-order valence-electron chi connectivity index (χ2n) is 7.28. The van der Waals surface area contributed by atoms with Crippen molar-refractivity contribution in [3.8, 4) is 11.6 Å². The average Bonchev–Trinajstić information content (AvgIpc) is 2.80. The van der Waals surface area contributed by atoms with E-state index in [1.54, 1.807) is 6.92 Å². The quantitative estimate of drug-likeness (QED) is 0.263. The van der Waals surface area contributed by atoms with Gasteiger partial charge in [0.15, 0.2) is 0 Å². The van der Waals surface area contributed by atoms with Crippen LogP contribution < -0.4 is 14.8 Å². The van der Waals surface area contributed by atoms with Crippen molar-refractivity contribution >= 4 is 38.9 Å². The number of hydrogen-bond acceptors (Lipinski definition) is 5. The third-order valence-corrected chi connectivity index (χ3v) is 6.17. The molecule has 1 amide bonds. The van der Waals surface area contributed by atoms with E-state index in [1.807, 2.05) is 0 Å². The van der Waals surface area contributed by atoms with E-state index < -0.39 is 44.3 Å². The Morgan fingerprint density at radius 2 is 1.83 bits per heavy atom. The number of sulfonamides is 1. The first-order valence-electron chi connectivity index (χ1n) is 10.1. The summed E-state index contributed by atoms with van der Waals surface area (Å²) in [6.45, 7) is 0.852. The summed E-state index contributed by atoms with van der Waals surface area (Å²) >= 11 is 5.58. The second-order valence-corrected chi connectivity index (χ2v) is 9.37. The maximum absolute atomic E-state index is 13.2. The number of nitrogens with one attached hydrogen (secondary N) is 2. The van der Waals surface area contributed by atoms with Crippen LogP contribution in [0.15, 0.2) is 71.8 Å². The highest BCUT2D eigenvalue weighted by Gasteiger charge is 2.34. The monoisotopic (exact) mass is 543 g/mol. The zero-order chi connectivity index (χ0) is 26.5. The summed E-state index contributed by atoms with van der Waals surface area (Å²) in [7, 11) is -4.48. The van der Waals surface area contributed by atoms with Gasteiger partial charge in [-0.05, 0) is 67.1 Å². The van der Waals surface area contributed by atoms with Gasteiger partial charge in [0.1, 0.15) is 18.1 Å². The minimum Gasteiger partial charge on any atom is -0.437 e. The Kier molecular flexibility index (Phi) is 8.21. The summed E-state index contributed by atoms with van der Waals surface area (Å²) in [6, 6.07) is 9.52. The molecular formula is C23H18ClF4N3O4S. The SMILES string of the molecule is Cc1cnc(Oc2ccc(NC(=O)/C=C/CF)cc2)c(NS(=O)(=O)c2ccc(Cl)c(C(F)(F)F)c2)c1. The maximum Gasteiger partial charge on any atom is 0.417 e. The van der Waals surface area contributed by atoms with Crippen molar-refractivity contribution in [2.24, 2.45) is 0 Å². The number of halogens is 5. The number of rotatable bonds is 8. The molecule has 0 aliphatic heterocycles. The molecule has 7 nitrogen and oxygen atoms in total. The van der Waals surface area contributed by atoms with Crippen molar-refractivity contribution in [1.82, 2.24) is 4.98 Å². The van der Waals surface area contributed by atoms with Gasteiger partial charge in [-0.2, -0.15) is 13.2 Å². The first kappa shape index (κ1) is 27.0. The number of pyridine rings is 1. The largest absolute Gasteiger partial charge is 0.437 e. The number of hydrogen-bond donors (Lipinski definition) is 2. The van der Waals surface area contributed by atoms with Crippen LogP contribution in [0.3, 0.4) is 0 Å². The molecular weight excluding hydrogens is 526 g/mol. The lowest BCUT2D eigenvalue weighted by Crippen LogP contribution is -2.16. The zero-order valence-electron chi connectivity index (χ0n) is 18.4. The minimum atomic E-state index is -4.85. The van der Waals surface area contributed by atoms with Gasteiger partial charge in [0.05, 0.1) is 15.5 Å². The van der Waals surface area contributed by atoms with Crippen LogP contribution in [0, 0.1) is 6.92 Å². The highest BCUT2D eigenvalue weighted by molar-refractivity contribution is 7.92. The van der Waals surface area contributed by atoms with E-state index in [-0.39, 0.29) is 17.3 Å². The molecule has 1 aromatic heterocycles. The highest BCUT2D eigenvalue weighted by Crippen LogP contribution is 2.37. The van der Waals surface area contributed by atoms with E-state index in [9.17, 15) is 30.8 Å². The molecule has 0 aliphatic rings. The van der Waals surface area contributed by atoms with Crippen LogP contribution in [0.1, 0.15) is 11.1 Å². The van der Waals surface area contributed by atoms with E-state index in [1.165, 1.54) is 36.5 Å². The van der Waals surface area contributed by atoms with Gasteiger partial charge < -0.3 is 10.1 Å². The van der Waals surface area contributed by atoms with Gasteiger partial charge in [-0.25, -0.2) is 17.8 Å². The number of anilines is 2. The second kappa shape index (κ2) is 11.0. The number of amides is 1. The molecule has 190 valence electrons. The van der Waals surface area contributed by atoms with Crippen LogP contribution in [-0.4, -0.2) is 26.0 Å². The van der Waals surface area contributed by atoms with Crippen molar-refractivity contribution in [2.75, 3.05) is 16.7 Å². The van der Waals surface area contributed by atoms with E-state index in [2.05, 4.69) is 15.0 Å². The van der Waals surface area contributed by atoms with Crippen LogP contribution in [0.4, 0.5) is 28.9 Å². The topological polar surface area (TPSA) is 97.4 Å². The highest BCUT2D eigenvalue weighted by atomic mass is 35.5. The number of alkyl halides is 4. The molecule has 0 atom stereocenters. The summed E-state index contributed by atoms with van der Waals surface area (Å²) in [4.78, 5) is 15.0. The van der Waals surface area contributed by atoms with Gasteiger partial charge in [0.25, 0.3) is 10.0 Å². The number of nitrogens with zero attached hydrogens (tertiary/aromatic N) is 1. The van der Waals surface area contributed by atoms with Crippen LogP contribution in [0.5, 0.6) is 11.6 Å². The van der Waals surface area contributed by atoms with Gasteiger partial charge in [-0.15, -0.1) is 0 Å². The number of ether oxygens (including phenoxy) is 1. The number of aryl methyl sites for hydroxylation is 1. The van der Waals surface area contributed by atoms with Gasteiger partial charge in [-0.3, -0.25) is 9.52 Å². The van der Waals surface area contributed by atoms with Gasteiger partial charge in [0, 0.05) is 18.0 Å². The van der Waals surface area contributed by atoms with Gasteiger partial charge >= 0.3 is 6.18 Å². The number of allylic oxidation sites excluding steroid dienone is 1. The fourth-order valence-electron chi connectivity index (χ4n) is 2.86. The minimum absolute atomic E-state index is 0.118. The van der Waals surface area contributed by atoms with E-state index in [0.717, 1.165) is 24.3 Å². The zero-order valence-corrected chi connectivity index (χ0v) is 20.0. The number of benzene rings is 2. The molecule has 3 aromatic rings. The molecule has 13 heteroatoms. The molecule has 36 heavy (non-hydrogen) atoms. The molecule has 0 saturated carbocycles. The third-order valence-electron chi connectivity index (χ3n) is 4.48. The average molecular weight is 544 g/mol. The lowest BCUT2D eigenvalue weighted by molar-refractivity contribution is -0.137. The smallest absolute Gasteiger partial charge is 0.417 e. The number of carbonyl (C=O) groups is 1. The molecule has 0 unspecified atom stereocenters. The molecule has 0 spiro atoms. The van der Waals surface area contributed by atoms with Crippen LogP contribution >= 0.6 is 11.6 Å². The molecule has 0 bridgehead atoms. The van der Waals surface area contributed by atoms with Crippen LogP contribution in [-0.2, 0) is 21.0 Å². The fraction of sp³-hybridized carbons (Fsp3) is 0.130. The molecule has 0 aliphatic carbocycles. The summed E-state index contributed by atoms with van der Waals surface area (Å²) in [5, 5.41) is 1.87. The molecule has 0 saturated heterocycles. The lowest BCUT2D eigenvalue weighted by atomic mass is 10.2. The Hall–Kier alpha value is -3.64. The standard InChI is InChI=1S/C23H18ClF4N3O4S/c1-14-11-20(31-36(33,34)17-8-9-19(24)18(12-17)23(26,27)28)22(29-13-14)35-16-6-4-15(5-7-16)30-21(32)3-2-10-25/h2-9,11-13,31H,10H2,1H3,(H,30,32)/b3-2+. The Labute approximate surface area is 208 Å². The predicted octanol–water partition coefficient (Wildman–Crippen LogP) is 6.12. The van der Waals surface area contributed by atoms with E-state index in [0.29, 0.717) is 17.3 Å². The molecule has 2 N–H and O–H groups in total.